The number of nitrogens with zero attached hydrogens (tertiary/aromatic N) is 1. The Balaban J connectivity index is 1.86. The molecule has 1 saturated heterocycles. The summed E-state index contributed by atoms with van der Waals surface area (Å²) in [5.74, 6) is 0.0371. The van der Waals surface area contributed by atoms with Crippen molar-refractivity contribution in [2.45, 2.75) is 77.4 Å². The van der Waals surface area contributed by atoms with E-state index in [2.05, 4.69) is 24.3 Å². The fourth-order valence-electron chi connectivity index (χ4n) is 4.52. The lowest BCUT2D eigenvalue weighted by Gasteiger charge is -2.35. The third kappa shape index (κ3) is 6.33. The third-order valence-corrected chi connectivity index (χ3v) is 5.85. The first-order chi connectivity index (χ1) is 15.1. The molecular formula is C27H37NO4. The molecule has 174 valence electrons. The van der Waals surface area contributed by atoms with Crippen molar-refractivity contribution < 1.29 is 19.4 Å². The molecule has 5 heteroatoms. The molecule has 1 N–H and O–H groups in total. The van der Waals surface area contributed by atoms with Crippen LogP contribution in [0.3, 0.4) is 0 Å². The zero-order chi connectivity index (χ0) is 23.4. The molecule has 0 bridgehead atoms. The Labute approximate surface area is 192 Å². The van der Waals surface area contributed by atoms with E-state index in [1.165, 1.54) is 5.56 Å². The van der Waals surface area contributed by atoms with E-state index in [0.717, 1.165) is 12.0 Å². The van der Waals surface area contributed by atoms with Gasteiger partial charge >= 0.3 is 6.09 Å². The summed E-state index contributed by atoms with van der Waals surface area (Å²) in [6.07, 6.45) is 1.51. The van der Waals surface area contributed by atoms with E-state index in [1.807, 2.05) is 71.0 Å². The van der Waals surface area contributed by atoms with Gasteiger partial charge in [0.05, 0.1) is 12.1 Å². The number of benzene rings is 2. The Morgan fingerprint density at radius 3 is 2.16 bits per heavy atom. The molecule has 0 unspecified atom stereocenters. The van der Waals surface area contributed by atoms with Gasteiger partial charge in [0, 0.05) is 6.61 Å². The standard InChI is InChI=1S/C27H37NO4/c1-26(2,3)32-25(30)28-23(17-21-14-10-7-11-15-21)24(31-27(28,4)5)18-22(19-29)16-20-12-8-6-9-13-20/h6-15,22-24,29H,16-19H2,1-5H3/t22-,23-,24-/m0/s1. The first-order valence-electron chi connectivity index (χ1n) is 11.5. The Bertz CT molecular complexity index is 860. The van der Waals surface area contributed by atoms with Gasteiger partial charge in [0.1, 0.15) is 11.3 Å². The summed E-state index contributed by atoms with van der Waals surface area (Å²) in [7, 11) is 0. The van der Waals surface area contributed by atoms with E-state index in [9.17, 15) is 9.90 Å². The lowest BCUT2D eigenvalue weighted by molar-refractivity contribution is -0.0829. The Morgan fingerprint density at radius 1 is 1.06 bits per heavy atom. The molecule has 0 aliphatic carbocycles. The highest BCUT2D eigenvalue weighted by atomic mass is 16.6. The molecule has 1 heterocycles. The number of ether oxygens (including phenoxy) is 2. The van der Waals surface area contributed by atoms with Crippen LogP contribution in [0.1, 0.15) is 52.2 Å². The van der Waals surface area contributed by atoms with Gasteiger partial charge in [0.15, 0.2) is 0 Å². The Hall–Kier alpha value is -2.37. The Morgan fingerprint density at radius 2 is 1.62 bits per heavy atom. The van der Waals surface area contributed by atoms with Crippen molar-refractivity contribution in [1.29, 1.82) is 0 Å². The fourth-order valence-corrected chi connectivity index (χ4v) is 4.52. The van der Waals surface area contributed by atoms with Crippen molar-refractivity contribution in [2.75, 3.05) is 6.61 Å². The van der Waals surface area contributed by atoms with Crippen LogP contribution in [0.4, 0.5) is 4.79 Å². The van der Waals surface area contributed by atoms with Gasteiger partial charge < -0.3 is 14.6 Å². The molecule has 3 atom stereocenters. The zero-order valence-corrected chi connectivity index (χ0v) is 20.0. The normalized spacial score (nSPS) is 21.4. The minimum Gasteiger partial charge on any atom is -0.444 e. The fraction of sp³-hybridized carbons (Fsp3) is 0.519. The largest absolute Gasteiger partial charge is 0.444 e. The summed E-state index contributed by atoms with van der Waals surface area (Å²) in [6, 6.07) is 20.1. The first kappa shape index (κ1) is 24.3. The van der Waals surface area contributed by atoms with Crippen LogP contribution in [0.15, 0.2) is 60.7 Å². The van der Waals surface area contributed by atoms with Gasteiger partial charge in [0.25, 0.3) is 0 Å². The second-order valence-electron chi connectivity index (χ2n) is 10.2. The highest BCUT2D eigenvalue weighted by molar-refractivity contribution is 5.70. The van der Waals surface area contributed by atoms with E-state index in [-0.39, 0.29) is 30.8 Å². The van der Waals surface area contributed by atoms with Crippen molar-refractivity contribution in [3.8, 4) is 0 Å². The average molecular weight is 440 g/mol. The van der Waals surface area contributed by atoms with Gasteiger partial charge in [-0.3, -0.25) is 4.90 Å². The topological polar surface area (TPSA) is 59.0 Å². The summed E-state index contributed by atoms with van der Waals surface area (Å²) in [5, 5.41) is 10.1. The number of aliphatic hydroxyl groups excluding tert-OH is 1. The van der Waals surface area contributed by atoms with E-state index >= 15 is 0 Å². The molecule has 1 aliphatic rings. The number of carbonyl (C=O) groups is 1. The van der Waals surface area contributed by atoms with Crippen LogP contribution in [-0.2, 0) is 22.3 Å². The minimum absolute atomic E-state index is 0.0371. The lowest BCUT2D eigenvalue weighted by atomic mass is 9.89. The third-order valence-electron chi connectivity index (χ3n) is 5.85. The summed E-state index contributed by atoms with van der Waals surface area (Å²) < 4.78 is 12.2. The van der Waals surface area contributed by atoms with Gasteiger partial charge in [-0.2, -0.15) is 0 Å². The zero-order valence-electron chi connectivity index (χ0n) is 20.0. The molecule has 0 saturated carbocycles. The molecule has 5 nitrogen and oxygen atoms in total. The predicted octanol–water partition coefficient (Wildman–Crippen LogP) is 5.21. The number of hydrogen-bond donors (Lipinski definition) is 1. The molecule has 1 fully saturated rings. The molecule has 1 amide bonds. The van der Waals surface area contributed by atoms with Crippen LogP contribution in [0.25, 0.3) is 0 Å². The minimum atomic E-state index is -0.806. The molecule has 0 aromatic heterocycles. The monoisotopic (exact) mass is 439 g/mol. The maximum Gasteiger partial charge on any atom is 0.412 e. The summed E-state index contributed by atoms with van der Waals surface area (Å²) >= 11 is 0. The van der Waals surface area contributed by atoms with Crippen LogP contribution in [0.5, 0.6) is 0 Å². The summed E-state index contributed by atoms with van der Waals surface area (Å²) in [4.78, 5) is 15.0. The maximum atomic E-state index is 13.2. The number of aliphatic hydroxyl groups is 1. The first-order valence-corrected chi connectivity index (χ1v) is 11.5. The molecule has 2 aromatic carbocycles. The number of amides is 1. The van der Waals surface area contributed by atoms with Gasteiger partial charge in [-0.25, -0.2) is 4.79 Å². The number of hydrogen-bond acceptors (Lipinski definition) is 4. The van der Waals surface area contributed by atoms with Gasteiger partial charge in [0.2, 0.25) is 0 Å². The highest BCUT2D eigenvalue weighted by Gasteiger charge is 2.51. The van der Waals surface area contributed by atoms with Gasteiger partial charge in [-0.05, 0) is 70.9 Å². The van der Waals surface area contributed by atoms with Crippen molar-refractivity contribution in [3.05, 3.63) is 71.8 Å². The highest BCUT2D eigenvalue weighted by Crippen LogP contribution is 2.38. The van der Waals surface area contributed by atoms with Crippen LogP contribution in [0.2, 0.25) is 0 Å². The molecule has 3 rings (SSSR count). The lowest BCUT2D eigenvalue weighted by Crippen LogP contribution is -2.51. The molecule has 1 aliphatic heterocycles. The van der Waals surface area contributed by atoms with E-state index in [1.54, 1.807) is 4.90 Å². The number of carbonyl (C=O) groups excluding carboxylic acids is 1. The van der Waals surface area contributed by atoms with Crippen LogP contribution >= 0.6 is 0 Å². The second kappa shape index (κ2) is 10.1. The Kier molecular flexibility index (Phi) is 7.63. The van der Waals surface area contributed by atoms with E-state index < -0.39 is 11.3 Å². The van der Waals surface area contributed by atoms with E-state index in [0.29, 0.717) is 12.8 Å². The van der Waals surface area contributed by atoms with Crippen molar-refractivity contribution in [1.82, 2.24) is 4.90 Å². The maximum absolute atomic E-state index is 13.2. The van der Waals surface area contributed by atoms with E-state index in [4.69, 9.17) is 9.47 Å². The molecule has 32 heavy (non-hydrogen) atoms. The molecule has 2 aromatic rings. The van der Waals surface area contributed by atoms with Gasteiger partial charge in [-0.15, -0.1) is 0 Å². The quantitative estimate of drug-likeness (QED) is 0.643. The smallest absolute Gasteiger partial charge is 0.412 e. The summed E-state index contributed by atoms with van der Waals surface area (Å²) in [6.45, 7) is 9.53. The second-order valence-corrected chi connectivity index (χ2v) is 10.2. The van der Waals surface area contributed by atoms with Crippen LogP contribution < -0.4 is 0 Å². The number of rotatable bonds is 7. The summed E-state index contributed by atoms with van der Waals surface area (Å²) in [5.41, 5.74) is 0.927. The van der Waals surface area contributed by atoms with Crippen molar-refractivity contribution >= 4 is 6.09 Å². The predicted molar refractivity (Wildman–Crippen MR) is 126 cm³/mol. The SMILES string of the molecule is CC(C)(C)OC(=O)N1[C@@H](Cc2ccccc2)[C@H](C[C@@H](CO)Cc2ccccc2)OC1(C)C. The van der Waals surface area contributed by atoms with Crippen LogP contribution in [-0.4, -0.2) is 46.2 Å². The van der Waals surface area contributed by atoms with Crippen molar-refractivity contribution in [2.24, 2.45) is 5.92 Å². The van der Waals surface area contributed by atoms with Crippen LogP contribution in [0, 0.1) is 5.92 Å². The molecular weight excluding hydrogens is 402 g/mol. The van der Waals surface area contributed by atoms with Crippen molar-refractivity contribution in [3.63, 3.8) is 0 Å². The molecule has 0 spiro atoms. The average Bonchev–Trinajstić information content (AvgIpc) is 2.97. The van der Waals surface area contributed by atoms with Gasteiger partial charge in [-0.1, -0.05) is 60.7 Å². The molecule has 0 radical (unpaired) electrons.